The Kier molecular flexibility index (Phi) is 3.60. The number of benzene rings is 1. The van der Waals surface area contributed by atoms with Gasteiger partial charge in [-0.1, -0.05) is 29.8 Å². The van der Waals surface area contributed by atoms with Crippen LogP contribution in [0.2, 0.25) is 5.15 Å². The molecule has 0 amide bonds. The van der Waals surface area contributed by atoms with Crippen LogP contribution in [0.25, 0.3) is 5.69 Å². The molecule has 0 saturated heterocycles. The molecule has 0 radical (unpaired) electrons. The van der Waals surface area contributed by atoms with Gasteiger partial charge in [0.25, 0.3) is 0 Å². The summed E-state index contributed by atoms with van der Waals surface area (Å²) in [6, 6.07) is 13.5. The second-order valence-electron chi connectivity index (χ2n) is 4.17. The number of nitrogens with one attached hydrogen (secondary N) is 1. The van der Waals surface area contributed by atoms with Gasteiger partial charge in [-0.2, -0.15) is 5.10 Å². The van der Waals surface area contributed by atoms with Gasteiger partial charge in [-0.15, -0.1) is 10.2 Å². The van der Waals surface area contributed by atoms with Crippen LogP contribution in [0.5, 0.6) is 0 Å². The van der Waals surface area contributed by atoms with E-state index in [1.807, 2.05) is 41.2 Å². The zero-order valence-corrected chi connectivity index (χ0v) is 11.3. The molecular formula is C14H12ClN5. The van der Waals surface area contributed by atoms with E-state index < -0.39 is 0 Å². The monoisotopic (exact) mass is 285 g/mol. The van der Waals surface area contributed by atoms with Gasteiger partial charge >= 0.3 is 0 Å². The number of aromatic nitrogens is 4. The van der Waals surface area contributed by atoms with Crippen molar-refractivity contribution >= 4 is 17.4 Å². The van der Waals surface area contributed by atoms with Crippen LogP contribution < -0.4 is 5.32 Å². The third kappa shape index (κ3) is 2.78. The number of anilines is 1. The summed E-state index contributed by atoms with van der Waals surface area (Å²) in [6.45, 7) is 0.631. The molecular weight excluding hydrogens is 274 g/mol. The van der Waals surface area contributed by atoms with Crippen molar-refractivity contribution in [1.82, 2.24) is 20.0 Å². The van der Waals surface area contributed by atoms with Crippen LogP contribution >= 0.6 is 11.6 Å². The van der Waals surface area contributed by atoms with Crippen LogP contribution in [-0.4, -0.2) is 20.0 Å². The Morgan fingerprint density at radius 1 is 1.05 bits per heavy atom. The summed E-state index contributed by atoms with van der Waals surface area (Å²) in [7, 11) is 0. The topological polar surface area (TPSA) is 55.6 Å². The van der Waals surface area contributed by atoms with Gasteiger partial charge < -0.3 is 5.32 Å². The molecule has 5 nitrogen and oxygen atoms in total. The quantitative estimate of drug-likeness (QED) is 0.801. The SMILES string of the molecule is Clc1ccc(NCc2ccccc2-n2cccn2)nn1. The van der Waals surface area contributed by atoms with Gasteiger partial charge in [0.05, 0.1) is 5.69 Å². The number of rotatable bonds is 4. The zero-order chi connectivity index (χ0) is 13.8. The number of hydrogen-bond acceptors (Lipinski definition) is 4. The van der Waals surface area contributed by atoms with Crippen molar-refractivity contribution in [3.63, 3.8) is 0 Å². The van der Waals surface area contributed by atoms with Crippen LogP contribution in [-0.2, 0) is 6.54 Å². The third-order valence-corrected chi connectivity index (χ3v) is 3.04. The van der Waals surface area contributed by atoms with E-state index in [9.17, 15) is 0 Å². The minimum absolute atomic E-state index is 0.382. The number of halogens is 1. The predicted molar refractivity (Wildman–Crippen MR) is 77.9 cm³/mol. The Labute approximate surface area is 121 Å². The largest absolute Gasteiger partial charge is 0.364 e. The highest BCUT2D eigenvalue weighted by molar-refractivity contribution is 6.29. The van der Waals surface area contributed by atoms with E-state index in [4.69, 9.17) is 11.6 Å². The third-order valence-electron chi connectivity index (χ3n) is 2.83. The van der Waals surface area contributed by atoms with Crippen LogP contribution in [0.1, 0.15) is 5.56 Å². The molecule has 2 aromatic heterocycles. The van der Waals surface area contributed by atoms with E-state index in [2.05, 4.69) is 20.6 Å². The summed E-state index contributed by atoms with van der Waals surface area (Å²) in [5.41, 5.74) is 2.15. The standard InChI is InChI=1S/C14H12ClN5/c15-13-6-7-14(19-18-13)16-10-11-4-1-2-5-12(11)20-9-3-8-17-20/h1-9H,10H2,(H,16,19). The lowest BCUT2D eigenvalue weighted by molar-refractivity contribution is 0.862. The molecule has 20 heavy (non-hydrogen) atoms. The second-order valence-corrected chi connectivity index (χ2v) is 4.56. The van der Waals surface area contributed by atoms with Gasteiger partial charge in [-0.3, -0.25) is 0 Å². The lowest BCUT2D eigenvalue weighted by atomic mass is 10.2. The molecule has 6 heteroatoms. The van der Waals surface area contributed by atoms with Gasteiger partial charge in [0, 0.05) is 18.9 Å². The van der Waals surface area contributed by atoms with Gasteiger partial charge in [0.15, 0.2) is 5.15 Å². The van der Waals surface area contributed by atoms with Crippen molar-refractivity contribution in [3.8, 4) is 5.69 Å². The first-order chi connectivity index (χ1) is 9.83. The fourth-order valence-electron chi connectivity index (χ4n) is 1.89. The maximum Gasteiger partial charge on any atom is 0.151 e. The van der Waals surface area contributed by atoms with E-state index in [0.717, 1.165) is 11.3 Å². The Bertz CT molecular complexity index is 679. The Hall–Kier alpha value is -2.40. The van der Waals surface area contributed by atoms with Crippen molar-refractivity contribution in [1.29, 1.82) is 0 Å². The predicted octanol–water partition coefficient (Wildman–Crippen LogP) is 2.93. The van der Waals surface area contributed by atoms with E-state index in [-0.39, 0.29) is 0 Å². The van der Waals surface area contributed by atoms with Crippen molar-refractivity contribution < 1.29 is 0 Å². The van der Waals surface area contributed by atoms with Crippen LogP contribution in [0.4, 0.5) is 5.82 Å². The summed E-state index contributed by atoms with van der Waals surface area (Å²) in [5, 5.41) is 15.6. The lowest BCUT2D eigenvalue weighted by Crippen LogP contribution is -2.06. The molecule has 0 aliphatic carbocycles. The summed E-state index contributed by atoms with van der Waals surface area (Å²) in [6.07, 6.45) is 3.68. The van der Waals surface area contributed by atoms with Crippen molar-refractivity contribution in [2.75, 3.05) is 5.32 Å². The van der Waals surface area contributed by atoms with E-state index in [0.29, 0.717) is 17.5 Å². The molecule has 0 spiro atoms. The van der Waals surface area contributed by atoms with Crippen molar-refractivity contribution in [2.24, 2.45) is 0 Å². The fourth-order valence-corrected chi connectivity index (χ4v) is 1.99. The molecule has 0 atom stereocenters. The Balaban J connectivity index is 1.79. The Morgan fingerprint density at radius 2 is 1.95 bits per heavy atom. The second kappa shape index (κ2) is 5.71. The zero-order valence-electron chi connectivity index (χ0n) is 10.6. The molecule has 3 aromatic rings. The molecule has 0 aliphatic rings. The molecule has 0 fully saturated rings. The molecule has 2 heterocycles. The van der Waals surface area contributed by atoms with E-state index in [1.165, 1.54) is 0 Å². The lowest BCUT2D eigenvalue weighted by Gasteiger charge is -2.10. The van der Waals surface area contributed by atoms with Crippen LogP contribution in [0.3, 0.4) is 0 Å². The van der Waals surface area contributed by atoms with E-state index >= 15 is 0 Å². The van der Waals surface area contributed by atoms with Gasteiger partial charge in [-0.25, -0.2) is 4.68 Å². The van der Waals surface area contributed by atoms with Crippen LogP contribution in [0.15, 0.2) is 54.9 Å². The average molecular weight is 286 g/mol. The molecule has 100 valence electrons. The summed E-state index contributed by atoms with van der Waals surface area (Å²) < 4.78 is 1.84. The average Bonchev–Trinajstić information content (AvgIpc) is 3.01. The molecule has 3 rings (SSSR count). The fraction of sp³-hybridized carbons (Fsp3) is 0.0714. The molecule has 0 unspecified atom stereocenters. The molecule has 0 aliphatic heterocycles. The molecule has 0 bridgehead atoms. The first-order valence-electron chi connectivity index (χ1n) is 6.14. The number of nitrogens with zero attached hydrogens (tertiary/aromatic N) is 4. The smallest absolute Gasteiger partial charge is 0.151 e. The number of hydrogen-bond donors (Lipinski definition) is 1. The highest BCUT2D eigenvalue weighted by Crippen LogP contribution is 2.15. The maximum atomic E-state index is 5.71. The van der Waals surface area contributed by atoms with Crippen molar-refractivity contribution in [2.45, 2.75) is 6.54 Å². The Morgan fingerprint density at radius 3 is 2.70 bits per heavy atom. The summed E-state index contributed by atoms with van der Waals surface area (Å²) in [5.74, 6) is 0.685. The maximum absolute atomic E-state index is 5.71. The van der Waals surface area contributed by atoms with Crippen molar-refractivity contribution in [3.05, 3.63) is 65.6 Å². The van der Waals surface area contributed by atoms with Gasteiger partial charge in [0.2, 0.25) is 0 Å². The van der Waals surface area contributed by atoms with Gasteiger partial charge in [-0.05, 0) is 29.8 Å². The first kappa shape index (κ1) is 12.6. The highest BCUT2D eigenvalue weighted by atomic mass is 35.5. The number of para-hydroxylation sites is 1. The molecule has 0 saturated carbocycles. The van der Waals surface area contributed by atoms with Gasteiger partial charge in [0.1, 0.15) is 5.82 Å². The minimum atomic E-state index is 0.382. The molecule has 1 aromatic carbocycles. The van der Waals surface area contributed by atoms with E-state index in [1.54, 1.807) is 18.3 Å². The first-order valence-corrected chi connectivity index (χ1v) is 6.52. The highest BCUT2D eigenvalue weighted by Gasteiger charge is 2.04. The normalized spacial score (nSPS) is 10.4. The summed E-state index contributed by atoms with van der Waals surface area (Å²) >= 11 is 5.71. The van der Waals surface area contributed by atoms with Crippen LogP contribution in [0, 0.1) is 0 Å². The minimum Gasteiger partial charge on any atom is -0.364 e. The molecule has 1 N–H and O–H groups in total. The summed E-state index contributed by atoms with van der Waals surface area (Å²) in [4.78, 5) is 0.